The number of carbonyl (C=O) groups excluding carboxylic acids is 2. The van der Waals surface area contributed by atoms with Crippen molar-refractivity contribution in [2.45, 2.75) is 51.0 Å². The summed E-state index contributed by atoms with van der Waals surface area (Å²) in [6.07, 6.45) is 8.73. The molecule has 2 fully saturated rings. The molecule has 1 aliphatic carbocycles. The van der Waals surface area contributed by atoms with E-state index in [9.17, 15) is 18.0 Å². The van der Waals surface area contributed by atoms with E-state index in [4.69, 9.17) is 0 Å². The molecule has 9 heteroatoms. The van der Waals surface area contributed by atoms with Crippen LogP contribution in [0.4, 0.5) is 0 Å². The molecule has 1 aliphatic heterocycles. The van der Waals surface area contributed by atoms with Gasteiger partial charge in [0.15, 0.2) is 5.78 Å². The third-order valence-electron chi connectivity index (χ3n) is 6.46. The van der Waals surface area contributed by atoms with Crippen molar-refractivity contribution in [3.63, 3.8) is 0 Å². The Hall–Kier alpha value is -1.90. The summed E-state index contributed by atoms with van der Waals surface area (Å²) < 4.78 is 24.5. The fraction of sp³-hybridized carbons (Fsp3) is 0.545. The van der Waals surface area contributed by atoms with E-state index in [0.29, 0.717) is 18.3 Å². The summed E-state index contributed by atoms with van der Waals surface area (Å²) in [6.45, 7) is 0.910. The number of fused-ring (bicyclic) bond motifs is 1. The van der Waals surface area contributed by atoms with Gasteiger partial charge in [-0.2, -0.15) is 0 Å². The largest absolute Gasteiger partial charge is 0.351 e. The summed E-state index contributed by atoms with van der Waals surface area (Å²) in [4.78, 5) is 28.1. The summed E-state index contributed by atoms with van der Waals surface area (Å²) in [5, 5.41) is 4.22. The molecule has 0 spiro atoms. The number of aromatic nitrogens is 1. The van der Waals surface area contributed by atoms with E-state index in [-0.39, 0.29) is 29.9 Å². The first-order valence-electron chi connectivity index (χ1n) is 10.7. The van der Waals surface area contributed by atoms with E-state index in [1.165, 1.54) is 32.1 Å². The standard InChI is InChI=1S/C22H29N3O4S.ClH/c1-30(28,29)25-22(27)19-13-16-11-14(7-8-18(16)24-19)12-20(26)21-17(9-10-23-21)15-5-3-2-4-6-15;/h7-8,11,13,15,17,21,23-24H,2-6,9-10,12H2,1H3,(H,25,27);1H/t17-,21-;/m0./s1. The first-order valence-corrected chi connectivity index (χ1v) is 12.6. The Morgan fingerprint density at radius 2 is 1.84 bits per heavy atom. The van der Waals surface area contributed by atoms with Gasteiger partial charge in [-0.25, -0.2) is 13.1 Å². The average molecular weight is 468 g/mol. The number of Topliss-reactive ketones (excluding diaryl/α,β-unsaturated/α-hetero) is 1. The number of ketones is 1. The molecule has 0 radical (unpaired) electrons. The van der Waals surface area contributed by atoms with Crippen molar-refractivity contribution in [2.24, 2.45) is 11.8 Å². The molecule has 2 atom stereocenters. The summed E-state index contributed by atoms with van der Waals surface area (Å²) in [5.74, 6) is 0.635. The van der Waals surface area contributed by atoms with E-state index in [1.54, 1.807) is 6.07 Å². The third-order valence-corrected chi connectivity index (χ3v) is 7.01. The van der Waals surface area contributed by atoms with Gasteiger partial charge in [-0.15, -0.1) is 12.4 Å². The molecular formula is C22H30ClN3O4S. The predicted molar refractivity (Wildman–Crippen MR) is 123 cm³/mol. The number of hydrogen-bond acceptors (Lipinski definition) is 5. The molecule has 1 saturated carbocycles. The summed E-state index contributed by atoms with van der Waals surface area (Å²) >= 11 is 0. The van der Waals surface area contributed by atoms with Crippen LogP contribution >= 0.6 is 12.4 Å². The number of benzene rings is 1. The van der Waals surface area contributed by atoms with Crippen LogP contribution in [0.5, 0.6) is 0 Å². The fourth-order valence-corrected chi connectivity index (χ4v) is 5.54. The van der Waals surface area contributed by atoms with Crippen molar-refractivity contribution in [3.8, 4) is 0 Å². The van der Waals surface area contributed by atoms with Crippen LogP contribution in [0, 0.1) is 11.8 Å². The second-order valence-corrected chi connectivity index (χ2v) is 10.5. The lowest BCUT2D eigenvalue weighted by atomic mass is 9.75. The lowest BCUT2D eigenvalue weighted by Gasteiger charge is -2.30. The van der Waals surface area contributed by atoms with Crippen LogP contribution in [-0.4, -0.2) is 43.9 Å². The highest BCUT2D eigenvalue weighted by Crippen LogP contribution is 2.36. The number of H-pyrrole nitrogens is 1. The molecule has 7 nitrogen and oxygen atoms in total. The van der Waals surface area contributed by atoms with Crippen molar-refractivity contribution in [1.29, 1.82) is 0 Å². The minimum Gasteiger partial charge on any atom is -0.351 e. The lowest BCUT2D eigenvalue weighted by molar-refractivity contribution is -0.121. The number of sulfonamides is 1. The molecule has 0 unspecified atom stereocenters. The summed E-state index contributed by atoms with van der Waals surface area (Å²) in [5.41, 5.74) is 1.80. The highest BCUT2D eigenvalue weighted by atomic mass is 35.5. The van der Waals surface area contributed by atoms with Gasteiger partial charge in [0, 0.05) is 17.3 Å². The molecule has 31 heavy (non-hydrogen) atoms. The quantitative estimate of drug-likeness (QED) is 0.605. The van der Waals surface area contributed by atoms with E-state index in [2.05, 4.69) is 10.3 Å². The second-order valence-electron chi connectivity index (χ2n) is 8.73. The van der Waals surface area contributed by atoms with Gasteiger partial charge < -0.3 is 10.3 Å². The zero-order valence-corrected chi connectivity index (χ0v) is 19.3. The topological polar surface area (TPSA) is 108 Å². The van der Waals surface area contributed by atoms with Crippen molar-refractivity contribution in [2.75, 3.05) is 12.8 Å². The number of aromatic amines is 1. The third kappa shape index (κ3) is 5.67. The molecule has 1 saturated heterocycles. The van der Waals surface area contributed by atoms with E-state index in [1.807, 2.05) is 22.9 Å². The zero-order chi connectivity index (χ0) is 21.3. The van der Waals surface area contributed by atoms with Crippen LogP contribution in [0.25, 0.3) is 10.9 Å². The van der Waals surface area contributed by atoms with E-state index < -0.39 is 15.9 Å². The van der Waals surface area contributed by atoms with Gasteiger partial charge in [0.2, 0.25) is 10.0 Å². The number of amides is 1. The maximum atomic E-state index is 13.1. The van der Waals surface area contributed by atoms with Gasteiger partial charge in [-0.1, -0.05) is 38.2 Å². The Morgan fingerprint density at radius 3 is 2.55 bits per heavy atom. The van der Waals surface area contributed by atoms with Gasteiger partial charge in [0.25, 0.3) is 5.91 Å². The summed E-state index contributed by atoms with van der Waals surface area (Å²) in [6, 6.07) is 7.16. The Bertz CT molecular complexity index is 1060. The van der Waals surface area contributed by atoms with E-state index in [0.717, 1.165) is 35.7 Å². The first kappa shape index (κ1) is 23.8. The van der Waals surface area contributed by atoms with Crippen LogP contribution in [-0.2, 0) is 21.2 Å². The smallest absolute Gasteiger partial charge is 0.281 e. The number of nitrogens with one attached hydrogen (secondary N) is 3. The molecule has 4 rings (SSSR count). The van der Waals surface area contributed by atoms with Crippen LogP contribution in [0.3, 0.4) is 0 Å². The molecular weight excluding hydrogens is 438 g/mol. The number of carbonyl (C=O) groups is 2. The van der Waals surface area contributed by atoms with Gasteiger partial charge in [0.1, 0.15) is 5.69 Å². The summed E-state index contributed by atoms with van der Waals surface area (Å²) in [7, 11) is -3.63. The van der Waals surface area contributed by atoms with Crippen molar-refractivity contribution >= 4 is 45.0 Å². The monoisotopic (exact) mass is 467 g/mol. The molecule has 2 aliphatic rings. The van der Waals surface area contributed by atoms with Crippen LogP contribution in [0.2, 0.25) is 0 Å². The second kappa shape index (κ2) is 9.71. The van der Waals surface area contributed by atoms with Crippen molar-refractivity contribution < 1.29 is 18.0 Å². The molecule has 1 aromatic carbocycles. The van der Waals surface area contributed by atoms with Gasteiger partial charge in [-0.05, 0) is 48.6 Å². The SMILES string of the molecule is CS(=O)(=O)NC(=O)c1cc2cc(CC(=O)[C@H]3NCC[C@H]3C3CCCCC3)ccc2[nH]1.Cl. The molecule has 170 valence electrons. The highest BCUT2D eigenvalue weighted by Gasteiger charge is 2.37. The number of rotatable bonds is 6. The minimum atomic E-state index is -3.63. The highest BCUT2D eigenvalue weighted by molar-refractivity contribution is 7.89. The normalized spacial score (nSPS) is 22.2. The van der Waals surface area contributed by atoms with Crippen molar-refractivity contribution in [1.82, 2.24) is 15.0 Å². The zero-order valence-electron chi connectivity index (χ0n) is 17.6. The molecule has 0 bridgehead atoms. The maximum Gasteiger partial charge on any atom is 0.281 e. The van der Waals surface area contributed by atoms with Crippen LogP contribution < -0.4 is 10.0 Å². The predicted octanol–water partition coefficient (Wildman–Crippen LogP) is 2.95. The minimum absolute atomic E-state index is 0. The number of halogens is 1. The van der Waals surface area contributed by atoms with E-state index >= 15 is 0 Å². The molecule has 1 amide bonds. The molecule has 3 N–H and O–H groups in total. The number of hydrogen-bond donors (Lipinski definition) is 3. The lowest BCUT2D eigenvalue weighted by Crippen LogP contribution is -2.40. The van der Waals surface area contributed by atoms with Crippen LogP contribution in [0.15, 0.2) is 24.3 Å². The first-order chi connectivity index (χ1) is 14.3. The molecule has 1 aromatic heterocycles. The maximum absolute atomic E-state index is 13.1. The van der Waals surface area contributed by atoms with Gasteiger partial charge in [0.05, 0.1) is 12.3 Å². The Balaban J connectivity index is 0.00000272. The van der Waals surface area contributed by atoms with Crippen molar-refractivity contribution in [3.05, 3.63) is 35.5 Å². The molecule has 2 aromatic rings. The van der Waals surface area contributed by atoms with Gasteiger partial charge >= 0.3 is 0 Å². The Kier molecular flexibility index (Phi) is 7.44. The Morgan fingerprint density at radius 1 is 1.10 bits per heavy atom. The Labute approximate surface area is 189 Å². The van der Waals surface area contributed by atoms with Gasteiger partial charge in [-0.3, -0.25) is 9.59 Å². The fourth-order valence-electron chi connectivity index (χ4n) is 5.10. The molecule has 2 heterocycles. The average Bonchev–Trinajstić information content (AvgIpc) is 3.34. The van der Waals surface area contributed by atoms with Crippen LogP contribution in [0.1, 0.15) is 54.6 Å².